The second kappa shape index (κ2) is 3.98. The first kappa shape index (κ1) is 10.3. The van der Waals surface area contributed by atoms with Gasteiger partial charge in [-0.1, -0.05) is 0 Å². The Kier molecular flexibility index (Phi) is 2.94. The maximum absolute atomic E-state index is 12.2. The molecule has 14 heavy (non-hydrogen) atoms. The summed E-state index contributed by atoms with van der Waals surface area (Å²) in [5, 5.41) is 17.9. The molecular weight excluding hydrogens is 192 g/mol. The molecule has 0 atom stereocenters. The van der Waals surface area contributed by atoms with Crippen LogP contribution in [0, 0.1) is 11.3 Å². The number of nitrogens with two attached hydrogens (primary N) is 1. The number of halogens is 2. The molecule has 0 aliphatic rings. The summed E-state index contributed by atoms with van der Waals surface area (Å²) in [5.41, 5.74) is 4.47. The van der Waals surface area contributed by atoms with Gasteiger partial charge in [0.15, 0.2) is 0 Å². The van der Waals surface area contributed by atoms with E-state index < -0.39 is 17.9 Å². The van der Waals surface area contributed by atoms with Crippen molar-refractivity contribution in [1.82, 2.24) is 4.98 Å². The standard InChI is InChI=1S/C8H7F2N3O/c9-8(10)6-7(14)5(2-12)4(1-11)3-13-6/h3,8,14H,2,12H2. The molecule has 0 radical (unpaired) electrons. The zero-order valence-electron chi connectivity index (χ0n) is 7.04. The molecule has 0 amide bonds. The Labute approximate surface area is 78.6 Å². The number of rotatable bonds is 2. The molecule has 0 spiro atoms. The number of nitriles is 1. The predicted octanol–water partition coefficient (Wildman–Crippen LogP) is 1.06. The third kappa shape index (κ3) is 1.63. The second-order valence-electron chi connectivity index (χ2n) is 2.50. The van der Waals surface area contributed by atoms with Gasteiger partial charge in [0.1, 0.15) is 17.5 Å². The summed E-state index contributed by atoms with van der Waals surface area (Å²) in [6, 6.07) is 1.71. The molecule has 0 aliphatic carbocycles. The first-order valence-electron chi connectivity index (χ1n) is 3.70. The van der Waals surface area contributed by atoms with E-state index in [0.29, 0.717) is 0 Å². The van der Waals surface area contributed by atoms with Crippen molar-refractivity contribution in [3.63, 3.8) is 0 Å². The number of nitrogens with zero attached hydrogens (tertiary/aromatic N) is 2. The lowest BCUT2D eigenvalue weighted by Gasteiger charge is -2.07. The summed E-state index contributed by atoms with van der Waals surface area (Å²) < 4.78 is 24.5. The van der Waals surface area contributed by atoms with E-state index in [1.807, 2.05) is 0 Å². The molecule has 6 heteroatoms. The highest BCUT2D eigenvalue weighted by Gasteiger charge is 2.19. The van der Waals surface area contributed by atoms with Crippen molar-refractivity contribution in [3.8, 4) is 11.8 Å². The van der Waals surface area contributed by atoms with Gasteiger partial charge in [-0.25, -0.2) is 13.8 Å². The smallest absolute Gasteiger partial charge is 0.284 e. The van der Waals surface area contributed by atoms with E-state index >= 15 is 0 Å². The van der Waals surface area contributed by atoms with Gasteiger partial charge >= 0.3 is 0 Å². The zero-order chi connectivity index (χ0) is 10.7. The van der Waals surface area contributed by atoms with E-state index in [0.717, 1.165) is 6.20 Å². The zero-order valence-corrected chi connectivity index (χ0v) is 7.04. The van der Waals surface area contributed by atoms with Crippen LogP contribution in [0.25, 0.3) is 0 Å². The molecule has 0 unspecified atom stereocenters. The van der Waals surface area contributed by atoms with Crippen LogP contribution >= 0.6 is 0 Å². The van der Waals surface area contributed by atoms with Gasteiger partial charge in [-0.15, -0.1) is 0 Å². The molecule has 0 saturated carbocycles. The highest BCUT2D eigenvalue weighted by molar-refractivity contribution is 5.47. The van der Waals surface area contributed by atoms with Crippen LogP contribution < -0.4 is 5.73 Å². The number of pyridine rings is 1. The second-order valence-corrected chi connectivity index (χ2v) is 2.50. The van der Waals surface area contributed by atoms with Gasteiger partial charge in [0, 0.05) is 18.3 Å². The van der Waals surface area contributed by atoms with E-state index in [1.54, 1.807) is 6.07 Å². The maximum atomic E-state index is 12.2. The van der Waals surface area contributed by atoms with Crippen LogP contribution in [0.15, 0.2) is 6.20 Å². The highest BCUT2D eigenvalue weighted by atomic mass is 19.3. The minimum atomic E-state index is -2.88. The van der Waals surface area contributed by atoms with Crippen LogP contribution in [0.1, 0.15) is 23.2 Å². The van der Waals surface area contributed by atoms with Crippen molar-refractivity contribution in [1.29, 1.82) is 5.26 Å². The van der Waals surface area contributed by atoms with Crippen LogP contribution in [0.4, 0.5) is 8.78 Å². The van der Waals surface area contributed by atoms with Gasteiger partial charge in [0.05, 0.1) is 5.56 Å². The Morgan fingerprint density at radius 2 is 2.29 bits per heavy atom. The first-order chi connectivity index (χ1) is 6.61. The molecule has 3 N–H and O–H groups in total. The molecule has 0 aromatic carbocycles. The number of hydrogen-bond donors (Lipinski definition) is 2. The van der Waals surface area contributed by atoms with Gasteiger partial charge in [-0.05, 0) is 0 Å². The lowest BCUT2D eigenvalue weighted by atomic mass is 10.1. The van der Waals surface area contributed by atoms with E-state index in [9.17, 15) is 13.9 Å². The lowest BCUT2D eigenvalue weighted by molar-refractivity contribution is 0.141. The molecule has 0 saturated heterocycles. The van der Waals surface area contributed by atoms with Gasteiger partial charge in [-0.2, -0.15) is 5.26 Å². The van der Waals surface area contributed by atoms with Crippen molar-refractivity contribution in [2.24, 2.45) is 5.73 Å². The summed E-state index contributed by atoms with van der Waals surface area (Å²) in [4.78, 5) is 3.28. The van der Waals surface area contributed by atoms with Crippen LogP contribution in [-0.2, 0) is 6.54 Å². The molecule has 1 rings (SSSR count). The Hall–Kier alpha value is -1.74. The topological polar surface area (TPSA) is 82.9 Å². The SMILES string of the molecule is N#Cc1cnc(C(F)F)c(O)c1CN. The van der Waals surface area contributed by atoms with Crippen molar-refractivity contribution < 1.29 is 13.9 Å². The molecule has 1 aromatic rings. The molecule has 0 fully saturated rings. The van der Waals surface area contributed by atoms with Gasteiger partial charge < -0.3 is 10.8 Å². The third-order valence-corrected chi connectivity index (χ3v) is 1.72. The van der Waals surface area contributed by atoms with Crippen LogP contribution in [0.2, 0.25) is 0 Å². The summed E-state index contributed by atoms with van der Waals surface area (Å²) in [7, 11) is 0. The van der Waals surface area contributed by atoms with Crippen molar-refractivity contribution in [3.05, 3.63) is 23.0 Å². The largest absolute Gasteiger partial charge is 0.505 e. The molecule has 1 aromatic heterocycles. The minimum Gasteiger partial charge on any atom is -0.505 e. The van der Waals surface area contributed by atoms with E-state index in [-0.39, 0.29) is 17.7 Å². The molecule has 74 valence electrons. The van der Waals surface area contributed by atoms with E-state index in [4.69, 9.17) is 11.0 Å². The summed E-state index contributed by atoms with van der Waals surface area (Å²) in [5.74, 6) is -0.693. The number of aromatic nitrogens is 1. The van der Waals surface area contributed by atoms with Gasteiger partial charge in [0.25, 0.3) is 6.43 Å². The number of alkyl halides is 2. The highest BCUT2D eigenvalue weighted by Crippen LogP contribution is 2.30. The lowest BCUT2D eigenvalue weighted by Crippen LogP contribution is -2.04. The van der Waals surface area contributed by atoms with Gasteiger partial charge in [-0.3, -0.25) is 0 Å². The van der Waals surface area contributed by atoms with E-state index in [2.05, 4.69) is 4.98 Å². The first-order valence-corrected chi connectivity index (χ1v) is 3.70. The monoisotopic (exact) mass is 199 g/mol. The van der Waals surface area contributed by atoms with Crippen molar-refractivity contribution in [2.45, 2.75) is 13.0 Å². The van der Waals surface area contributed by atoms with Crippen LogP contribution in [0.5, 0.6) is 5.75 Å². The Bertz CT molecular complexity index is 387. The van der Waals surface area contributed by atoms with E-state index in [1.165, 1.54) is 0 Å². The third-order valence-electron chi connectivity index (χ3n) is 1.72. The van der Waals surface area contributed by atoms with Crippen LogP contribution in [0.3, 0.4) is 0 Å². The fourth-order valence-electron chi connectivity index (χ4n) is 1.02. The fourth-order valence-corrected chi connectivity index (χ4v) is 1.02. The quantitative estimate of drug-likeness (QED) is 0.745. The molecule has 0 bridgehead atoms. The molecular formula is C8H7F2N3O. The average Bonchev–Trinajstić information content (AvgIpc) is 2.16. The molecule has 4 nitrogen and oxygen atoms in total. The molecule has 0 aliphatic heterocycles. The Morgan fingerprint density at radius 3 is 2.71 bits per heavy atom. The van der Waals surface area contributed by atoms with Crippen molar-refractivity contribution in [2.75, 3.05) is 0 Å². The predicted molar refractivity (Wildman–Crippen MR) is 43.5 cm³/mol. The average molecular weight is 199 g/mol. The summed E-state index contributed by atoms with van der Waals surface area (Å²) in [6.45, 7) is -0.184. The van der Waals surface area contributed by atoms with Crippen LogP contribution in [-0.4, -0.2) is 10.1 Å². The van der Waals surface area contributed by atoms with Crippen molar-refractivity contribution >= 4 is 0 Å². The Morgan fingerprint density at radius 1 is 1.64 bits per heavy atom. The van der Waals surface area contributed by atoms with Gasteiger partial charge in [0.2, 0.25) is 0 Å². The summed E-state index contributed by atoms with van der Waals surface area (Å²) in [6.07, 6.45) is -1.91. The minimum absolute atomic E-state index is 0.00204. The number of hydrogen-bond acceptors (Lipinski definition) is 4. The normalized spacial score (nSPS) is 10.2. The Balaban J connectivity index is 3.37. The maximum Gasteiger partial charge on any atom is 0.284 e. The number of aromatic hydroxyl groups is 1. The molecule has 1 heterocycles. The fraction of sp³-hybridized carbons (Fsp3) is 0.250. The summed E-state index contributed by atoms with van der Waals surface area (Å²) >= 11 is 0.